The van der Waals surface area contributed by atoms with Gasteiger partial charge in [-0.1, -0.05) is 48.5 Å². The van der Waals surface area contributed by atoms with E-state index in [-0.39, 0.29) is 0 Å². The van der Waals surface area contributed by atoms with Gasteiger partial charge in [0, 0.05) is 23.2 Å². The second kappa shape index (κ2) is 9.34. The maximum absolute atomic E-state index is 4.18. The van der Waals surface area contributed by atoms with Gasteiger partial charge in [0.05, 0.1) is 11.0 Å². The molecule has 0 radical (unpaired) electrons. The molecule has 4 rings (SSSR count). The van der Waals surface area contributed by atoms with Gasteiger partial charge in [-0.05, 0) is 24.3 Å². The predicted octanol–water partition coefficient (Wildman–Crippen LogP) is 3.17. The average Bonchev–Trinajstić information content (AvgIpc) is 2.64. The van der Waals surface area contributed by atoms with E-state index in [9.17, 15) is 0 Å². The Morgan fingerprint density at radius 2 is 0.864 bits per heavy atom. The van der Waals surface area contributed by atoms with Gasteiger partial charge in [0.25, 0.3) is 0 Å². The molecule has 2 heterocycles. The van der Waals surface area contributed by atoms with E-state index in [1.165, 1.54) is 10.8 Å². The molecular formula is C18H16N2Se2. The molecule has 0 aliphatic heterocycles. The third-order valence-corrected chi connectivity index (χ3v) is 3.02. The van der Waals surface area contributed by atoms with Gasteiger partial charge in [0.15, 0.2) is 0 Å². The van der Waals surface area contributed by atoms with Crippen molar-refractivity contribution in [3.05, 3.63) is 85.2 Å². The molecule has 0 saturated carbocycles. The minimum absolute atomic E-state index is 1.06. The molecule has 0 aliphatic carbocycles. The smallest absolute Gasteiger partial charge is 0.0701 e. The van der Waals surface area contributed by atoms with Crippen LogP contribution in [0.25, 0.3) is 21.8 Å². The van der Waals surface area contributed by atoms with Crippen molar-refractivity contribution in [3.63, 3.8) is 0 Å². The Hall–Kier alpha value is -1.70. The summed E-state index contributed by atoms with van der Waals surface area (Å²) in [5, 5.41) is 2.40. The van der Waals surface area contributed by atoms with Crippen molar-refractivity contribution in [3.8, 4) is 0 Å². The van der Waals surface area contributed by atoms with Crippen LogP contribution in [-0.4, -0.2) is 38.3 Å². The van der Waals surface area contributed by atoms with Crippen molar-refractivity contribution in [2.45, 2.75) is 0 Å². The fourth-order valence-corrected chi connectivity index (χ4v) is 2.03. The van der Waals surface area contributed by atoms with Crippen LogP contribution in [-0.2, 0) is 0 Å². The molecule has 4 heteroatoms. The molecule has 4 aromatic rings. The Balaban J connectivity index is 0.000000144. The molecule has 0 N–H and O–H groups in total. The van der Waals surface area contributed by atoms with Gasteiger partial charge >= 0.3 is 28.4 Å². The molecule has 0 amide bonds. The van der Waals surface area contributed by atoms with Crippen LogP contribution in [0.5, 0.6) is 0 Å². The van der Waals surface area contributed by atoms with Gasteiger partial charge in [-0.2, -0.15) is 0 Å². The molecule has 2 aromatic carbocycles. The van der Waals surface area contributed by atoms with Crippen molar-refractivity contribution in [2.75, 3.05) is 0 Å². The van der Waals surface area contributed by atoms with E-state index in [4.69, 9.17) is 0 Å². The van der Waals surface area contributed by atoms with E-state index in [1.54, 1.807) is 0 Å². The number of aromatic nitrogens is 2. The third kappa shape index (κ3) is 4.65. The van der Waals surface area contributed by atoms with E-state index in [2.05, 4.69) is 62.6 Å². The number of hydrogen-bond acceptors (Lipinski definition) is 2. The van der Waals surface area contributed by atoms with E-state index in [0.717, 1.165) is 11.0 Å². The predicted molar refractivity (Wildman–Crippen MR) is 97.8 cm³/mol. The summed E-state index contributed by atoms with van der Waals surface area (Å²) in [6, 6.07) is 24.2. The number of fused-ring (bicyclic) bond motifs is 2. The molecule has 0 fully saturated rings. The summed E-state index contributed by atoms with van der Waals surface area (Å²) in [5.74, 6) is 0. The van der Waals surface area contributed by atoms with Crippen LogP contribution >= 0.6 is 0 Å². The summed E-state index contributed by atoms with van der Waals surface area (Å²) in [6.07, 6.45) is 3.62. The summed E-state index contributed by atoms with van der Waals surface area (Å²) >= 11 is 4.50. The van der Waals surface area contributed by atoms with E-state index in [1.807, 2.05) is 60.9 Å². The number of para-hydroxylation sites is 2. The van der Waals surface area contributed by atoms with Crippen molar-refractivity contribution in [1.82, 2.24) is 9.97 Å². The zero-order valence-electron chi connectivity index (χ0n) is 11.9. The molecule has 2 nitrogen and oxygen atoms in total. The maximum atomic E-state index is 4.18. The molecule has 0 unspecified atom stereocenters. The van der Waals surface area contributed by atoms with E-state index in [0.29, 0.717) is 0 Å². The minimum atomic E-state index is 1.06. The zero-order chi connectivity index (χ0) is 15.6. The minimum Gasteiger partial charge on any atom is -0.256 e. The van der Waals surface area contributed by atoms with Crippen molar-refractivity contribution < 1.29 is 0 Å². The SMILES string of the molecule is [SeH][SeH].c1ccc2ncccc2c1.c1ccc2ncccc2c1. The number of benzene rings is 2. The molecule has 0 saturated heterocycles. The second-order valence-corrected chi connectivity index (χ2v) is 4.39. The molecular weight excluding hydrogens is 402 g/mol. The Morgan fingerprint density at radius 1 is 0.500 bits per heavy atom. The van der Waals surface area contributed by atoms with Crippen LogP contribution in [0.1, 0.15) is 0 Å². The summed E-state index contributed by atoms with van der Waals surface area (Å²) in [5.41, 5.74) is 2.12. The fourth-order valence-electron chi connectivity index (χ4n) is 2.03. The number of rotatable bonds is 0. The Labute approximate surface area is 145 Å². The van der Waals surface area contributed by atoms with Crippen LogP contribution in [0.4, 0.5) is 0 Å². The van der Waals surface area contributed by atoms with Crippen molar-refractivity contribution in [1.29, 1.82) is 0 Å². The van der Waals surface area contributed by atoms with Crippen LogP contribution in [0.3, 0.4) is 0 Å². The third-order valence-electron chi connectivity index (χ3n) is 3.02. The van der Waals surface area contributed by atoms with Gasteiger partial charge in [-0.3, -0.25) is 9.97 Å². The first-order valence-corrected chi connectivity index (χ1v) is 11.9. The topological polar surface area (TPSA) is 25.8 Å². The van der Waals surface area contributed by atoms with Gasteiger partial charge in [0.1, 0.15) is 0 Å². The normalized spacial score (nSPS) is 9.36. The molecule has 0 atom stereocenters. The molecule has 110 valence electrons. The van der Waals surface area contributed by atoms with Gasteiger partial charge in [0.2, 0.25) is 0 Å². The first kappa shape index (κ1) is 16.7. The van der Waals surface area contributed by atoms with Crippen LogP contribution in [0.15, 0.2) is 85.2 Å². The summed E-state index contributed by atoms with van der Waals surface area (Å²) < 4.78 is 0. The number of hydrogen-bond donors (Lipinski definition) is 0. The van der Waals surface area contributed by atoms with Crippen molar-refractivity contribution >= 4 is 50.2 Å². The van der Waals surface area contributed by atoms with Crippen LogP contribution < -0.4 is 0 Å². The summed E-state index contributed by atoms with van der Waals surface area (Å²) in [6.45, 7) is 0. The molecule has 0 spiro atoms. The Bertz CT molecular complexity index is 632. The largest absolute Gasteiger partial charge is 0.256 e. The first-order valence-electron chi connectivity index (χ1n) is 6.73. The standard InChI is InChI=1S/2C9H7N.H2Se2/c2*1-2-6-9-8(4-1)5-3-7-10-9;1-2/h2*1-7H;1-2H. The van der Waals surface area contributed by atoms with Crippen molar-refractivity contribution in [2.24, 2.45) is 0 Å². The Kier molecular flexibility index (Phi) is 7.08. The van der Waals surface area contributed by atoms with Crippen LogP contribution in [0.2, 0.25) is 0 Å². The zero-order valence-corrected chi connectivity index (χ0v) is 15.6. The van der Waals surface area contributed by atoms with Gasteiger partial charge in [-0.25, -0.2) is 0 Å². The molecule has 22 heavy (non-hydrogen) atoms. The molecule has 0 bridgehead atoms. The molecule has 0 aliphatic rings. The monoisotopic (exact) mass is 420 g/mol. The van der Waals surface area contributed by atoms with Gasteiger partial charge in [-0.15, -0.1) is 0 Å². The number of pyridine rings is 2. The quantitative estimate of drug-likeness (QED) is 0.410. The molecule has 2 aromatic heterocycles. The summed E-state index contributed by atoms with van der Waals surface area (Å²) in [7, 11) is 0. The second-order valence-electron chi connectivity index (χ2n) is 4.39. The average molecular weight is 418 g/mol. The maximum Gasteiger partial charge on any atom is 0.0701 e. The fraction of sp³-hybridized carbons (Fsp3) is 0. The number of nitrogens with zero attached hydrogens (tertiary/aromatic N) is 2. The van der Waals surface area contributed by atoms with E-state index < -0.39 is 0 Å². The van der Waals surface area contributed by atoms with E-state index >= 15 is 0 Å². The first-order chi connectivity index (χ1) is 10.9. The Morgan fingerprint density at radius 3 is 1.27 bits per heavy atom. The van der Waals surface area contributed by atoms with Crippen LogP contribution in [0, 0.1) is 0 Å². The summed E-state index contributed by atoms with van der Waals surface area (Å²) in [4.78, 5) is 8.36. The van der Waals surface area contributed by atoms with Gasteiger partial charge < -0.3 is 0 Å².